The molecule has 16 bridgehead atoms. The first-order valence-corrected chi connectivity index (χ1v) is 30.6. The van der Waals surface area contributed by atoms with E-state index in [4.69, 9.17) is 34.1 Å². The summed E-state index contributed by atoms with van der Waals surface area (Å²) in [7, 11) is 3.34. The SMILES string of the molecule is COc1cccc(-c2c3nc(c(-c4ccc(OC(=O)/C=C/c5c6nc(c(-c7ccccc7)c7ccc([nH]7)c(-c7ccccc7)c7nc(c(-c8ccccc8)c8ccc5[nH]8)C=C7)C=C6)cc4)c4ccc([nH]4)c(-c4cccc(OC)c4)c4nc(cc5ccc2[nH]5)C=C4)C=C3)c1. The van der Waals surface area contributed by atoms with E-state index in [-0.39, 0.29) is 0 Å². The third-order valence-corrected chi connectivity index (χ3v) is 17.0. The maximum Gasteiger partial charge on any atom is 0.336 e. The third kappa shape index (κ3) is 10.7. The van der Waals surface area contributed by atoms with Crippen molar-refractivity contribution >= 4 is 105 Å². The molecule has 4 aliphatic heterocycles. The molecule has 6 aromatic carbocycles. The number of methoxy groups -OCH3 is 2. The van der Waals surface area contributed by atoms with Gasteiger partial charge in [-0.3, -0.25) is 0 Å². The number of carbonyl (C=O) groups excluding carboxylic acids is 1. The van der Waals surface area contributed by atoms with E-state index in [2.05, 4.69) is 141 Å². The van der Waals surface area contributed by atoms with Crippen molar-refractivity contribution in [3.05, 3.63) is 276 Å². The minimum Gasteiger partial charge on any atom is -0.497 e. The van der Waals surface area contributed by atoms with Gasteiger partial charge in [0.2, 0.25) is 0 Å². The first-order valence-electron chi connectivity index (χ1n) is 30.6. The number of benzene rings is 6. The topological polar surface area (TPSA) is 159 Å². The smallest absolute Gasteiger partial charge is 0.336 e. The fraction of sp³-hybridized carbons (Fsp3) is 0.0247. The molecular weight excluding hydrogens is 1150 g/mol. The van der Waals surface area contributed by atoms with E-state index < -0.39 is 5.97 Å². The standard InChI is InChI=1S/C81H56N8O4/c1-91-58-22-12-20-53(46-58)80-63-31-26-55(82-63)48-56-27-32-64(83-56)81(54-21-13-23-59(47-54)92-2)74-44-42-72(89-74)79(71-41-43-73(80)88-71)52-24-28-57(29-25-52)93-75(90)45-30-60-61-33-35-65(84-61)76(49-14-6-3-7-15-49)67-37-39-69(86-67)78(51-18-10-5-11-19-51)70-40-38-68(87-70)77(50-16-8-4-9-17-50)66-36-34-62(60)85-66/h3-48,82,84,87,89H,1-2H3/b45-30+,55-48?,56-48?,61-60?,62-60?,76-65?,76-67?,77-66?,77-68?,78-69?,78-70?,79-71?,79-72?,80-63?,80-73?,81-64?,81-74?. The van der Waals surface area contributed by atoms with Crippen molar-refractivity contribution in [2.24, 2.45) is 0 Å². The van der Waals surface area contributed by atoms with Crippen LogP contribution in [-0.2, 0) is 4.79 Å². The summed E-state index contributed by atoms with van der Waals surface area (Å²) in [5, 5.41) is 0. The number of H-pyrrole nitrogens is 4. The summed E-state index contributed by atoms with van der Waals surface area (Å²) >= 11 is 0. The molecule has 6 aromatic heterocycles. The van der Waals surface area contributed by atoms with Crippen LogP contribution in [0.4, 0.5) is 0 Å². The van der Waals surface area contributed by atoms with Gasteiger partial charge in [-0.15, -0.1) is 0 Å². The van der Waals surface area contributed by atoms with Gasteiger partial charge in [-0.25, -0.2) is 24.7 Å². The van der Waals surface area contributed by atoms with E-state index in [1.54, 1.807) is 20.3 Å². The summed E-state index contributed by atoms with van der Waals surface area (Å²) in [6.45, 7) is 0. The second kappa shape index (κ2) is 23.7. The molecule has 4 N–H and O–H groups in total. The zero-order valence-corrected chi connectivity index (χ0v) is 50.5. The largest absolute Gasteiger partial charge is 0.497 e. The number of esters is 1. The lowest BCUT2D eigenvalue weighted by Crippen LogP contribution is -2.03. The molecule has 0 spiro atoms. The molecule has 444 valence electrons. The normalized spacial score (nSPS) is 12.2. The number of hydrogen-bond donors (Lipinski definition) is 4. The van der Waals surface area contributed by atoms with Crippen LogP contribution in [0.1, 0.15) is 51.1 Å². The van der Waals surface area contributed by atoms with Crippen molar-refractivity contribution in [3.8, 4) is 84.0 Å². The lowest BCUT2D eigenvalue weighted by Gasteiger charge is -2.08. The number of nitrogens with one attached hydrogen (secondary N) is 4. The Bertz CT molecular complexity index is 5430. The van der Waals surface area contributed by atoms with Crippen LogP contribution in [0.5, 0.6) is 17.2 Å². The second-order valence-corrected chi connectivity index (χ2v) is 22.7. The van der Waals surface area contributed by atoms with E-state index >= 15 is 0 Å². The fourth-order valence-electron chi connectivity index (χ4n) is 12.7. The molecule has 0 aliphatic carbocycles. The Morgan fingerprint density at radius 3 is 1.16 bits per heavy atom. The van der Waals surface area contributed by atoms with E-state index in [1.807, 2.05) is 146 Å². The van der Waals surface area contributed by atoms with Crippen LogP contribution in [0.3, 0.4) is 0 Å². The van der Waals surface area contributed by atoms with Crippen LogP contribution in [0.25, 0.3) is 166 Å². The van der Waals surface area contributed by atoms with Crippen LogP contribution in [0, 0.1) is 0 Å². The Morgan fingerprint density at radius 1 is 0.323 bits per heavy atom. The van der Waals surface area contributed by atoms with Crippen molar-refractivity contribution in [1.82, 2.24) is 39.9 Å². The molecule has 0 amide bonds. The molecule has 93 heavy (non-hydrogen) atoms. The zero-order valence-electron chi connectivity index (χ0n) is 50.5. The van der Waals surface area contributed by atoms with Crippen molar-refractivity contribution < 1.29 is 19.0 Å². The van der Waals surface area contributed by atoms with Gasteiger partial charge in [0.1, 0.15) is 17.2 Å². The summed E-state index contributed by atoms with van der Waals surface area (Å²) < 4.78 is 17.6. The summed E-state index contributed by atoms with van der Waals surface area (Å²) in [5.41, 5.74) is 24.8. The van der Waals surface area contributed by atoms with Gasteiger partial charge in [0.25, 0.3) is 0 Å². The van der Waals surface area contributed by atoms with Crippen molar-refractivity contribution in [1.29, 1.82) is 0 Å². The molecule has 0 fully saturated rings. The number of carbonyl (C=O) groups is 1. The Kier molecular flexibility index (Phi) is 14.2. The van der Waals surface area contributed by atoms with Gasteiger partial charge in [-0.05, 0) is 179 Å². The van der Waals surface area contributed by atoms with E-state index in [1.165, 1.54) is 6.08 Å². The van der Waals surface area contributed by atoms with Crippen molar-refractivity contribution in [3.63, 3.8) is 0 Å². The number of fused-ring (bicyclic) bond motifs is 16. The molecule has 12 heteroatoms. The van der Waals surface area contributed by atoms with Crippen molar-refractivity contribution in [2.45, 2.75) is 0 Å². The van der Waals surface area contributed by atoms with Gasteiger partial charge in [0.15, 0.2) is 0 Å². The lowest BCUT2D eigenvalue weighted by atomic mass is 10.0. The molecule has 10 heterocycles. The van der Waals surface area contributed by atoms with Gasteiger partial charge in [0, 0.05) is 89.2 Å². The average Bonchev–Trinajstić information content (AvgIpc) is 1.69. The van der Waals surface area contributed by atoms with E-state index in [0.717, 1.165) is 162 Å². The Hall–Kier alpha value is -12.7. The van der Waals surface area contributed by atoms with Gasteiger partial charge >= 0.3 is 5.97 Å². The number of aromatic amines is 4. The predicted molar refractivity (Wildman–Crippen MR) is 378 cm³/mol. The fourth-order valence-corrected chi connectivity index (χ4v) is 12.7. The first kappa shape index (κ1) is 55.6. The summed E-state index contributed by atoms with van der Waals surface area (Å²) in [6.07, 6.45) is 19.6. The monoisotopic (exact) mass is 1200 g/mol. The second-order valence-electron chi connectivity index (χ2n) is 22.7. The average molecular weight is 1210 g/mol. The van der Waals surface area contributed by atoms with Gasteiger partial charge in [-0.2, -0.15) is 0 Å². The summed E-state index contributed by atoms with van der Waals surface area (Å²) in [4.78, 5) is 50.8. The Morgan fingerprint density at radius 2 is 0.688 bits per heavy atom. The molecule has 4 aliphatic rings. The van der Waals surface area contributed by atoms with Crippen LogP contribution < -0.4 is 14.2 Å². The highest BCUT2D eigenvalue weighted by Gasteiger charge is 2.21. The molecule has 0 saturated carbocycles. The molecular formula is C81H56N8O4. The van der Waals surface area contributed by atoms with Gasteiger partial charge in [0.05, 0.1) is 59.8 Å². The van der Waals surface area contributed by atoms with Crippen LogP contribution >= 0.6 is 0 Å². The minimum atomic E-state index is -0.573. The number of nitrogens with zero attached hydrogens (tertiary/aromatic N) is 4. The molecule has 12 nitrogen and oxygen atoms in total. The number of aromatic nitrogens is 8. The van der Waals surface area contributed by atoms with E-state index in [9.17, 15) is 4.79 Å². The number of hydrogen-bond acceptors (Lipinski definition) is 8. The number of rotatable bonds is 11. The molecule has 0 atom stereocenters. The predicted octanol–water partition coefficient (Wildman–Crippen LogP) is 19.3. The molecule has 12 aromatic rings. The highest BCUT2D eigenvalue weighted by molar-refractivity contribution is 6.02. The molecule has 16 rings (SSSR count). The van der Waals surface area contributed by atoms with Gasteiger partial charge < -0.3 is 34.1 Å². The maximum absolute atomic E-state index is 14.4. The zero-order chi connectivity index (χ0) is 62.4. The minimum absolute atomic E-state index is 0.355. The molecule has 0 saturated heterocycles. The van der Waals surface area contributed by atoms with Gasteiger partial charge in [-0.1, -0.05) is 127 Å². The third-order valence-electron chi connectivity index (χ3n) is 17.0. The van der Waals surface area contributed by atoms with Crippen LogP contribution in [-0.4, -0.2) is 60.1 Å². The Balaban J connectivity index is 0.825. The highest BCUT2D eigenvalue weighted by Crippen LogP contribution is 2.41. The van der Waals surface area contributed by atoms with E-state index in [0.29, 0.717) is 17.0 Å². The maximum atomic E-state index is 14.4. The highest BCUT2D eigenvalue weighted by atomic mass is 16.5. The summed E-state index contributed by atoms with van der Waals surface area (Å²) in [5.74, 6) is 1.24. The molecule has 0 unspecified atom stereocenters. The summed E-state index contributed by atoms with van der Waals surface area (Å²) in [6, 6.07) is 73.1. The lowest BCUT2D eigenvalue weighted by molar-refractivity contribution is -0.128. The van der Waals surface area contributed by atoms with Crippen molar-refractivity contribution in [2.75, 3.05) is 14.2 Å². The Labute approximate surface area is 534 Å². The first-order chi connectivity index (χ1) is 45.8. The molecule has 0 radical (unpaired) electrons. The van der Waals surface area contributed by atoms with Crippen LogP contribution in [0.2, 0.25) is 0 Å². The number of ether oxygens (including phenoxy) is 3. The van der Waals surface area contributed by atoms with Crippen LogP contribution in [0.15, 0.2) is 224 Å². The quantitative estimate of drug-likeness (QED) is 0.0566.